The van der Waals surface area contributed by atoms with Crippen molar-refractivity contribution in [1.82, 2.24) is 19.9 Å². The zero-order valence-electron chi connectivity index (χ0n) is 14.4. The molecule has 2 aromatic heterocycles. The van der Waals surface area contributed by atoms with Crippen molar-refractivity contribution in [3.05, 3.63) is 53.5 Å². The Morgan fingerprint density at radius 2 is 2.12 bits per heavy atom. The summed E-state index contributed by atoms with van der Waals surface area (Å²) in [5, 5.41) is 7.91. The van der Waals surface area contributed by atoms with Crippen molar-refractivity contribution in [2.75, 3.05) is 20.6 Å². The van der Waals surface area contributed by atoms with Crippen molar-refractivity contribution in [1.29, 1.82) is 0 Å². The van der Waals surface area contributed by atoms with Crippen molar-refractivity contribution in [2.45, 2.75) is 13.0 Å². The number of hydrogen-bond donors (Lipinski definition) is 1. The fraction of sp³-hybridized carbons (Fsp3) is 0.333. The number of hydrogen-bond acceptors (Lipinski definition) is 4. The van der Waals surface area contributed by atoms with E-state index in [0.717, 1.165) is 0 Å². The van der Waals surface area contributed by atoms with Gasteiger partial charge in [0.05, 0.1) is 6.04 Å². The van der Waals surface area contributed by atoms with Crippen LogP contribution in [-0.2, 0) is 7.05 Å². The topological polar surface area (TPSA) is 63.3 Å². The molecular formula is C18H22N4O2. The number of amides is 1. The molecule has 126 valence electrons. The molecule has 1 aromatic carbocycles. The molecule has 3 rings (SSSR count). The van der Waals surface area contributed by atoms with Crippen LogP contribution in [0.25, 0.3) is 10.9 Å². The lowest BCUT2D eigenvalue weighted by Crippen LogP contribution is -2.34. The first-order chi connectivity index (χ1) is 11.5. The third-order valence-corrected chi connectivity index (χ3v) is 4.23. The number of nitrogens with one attached hydrogen (secondary N) is 1. The number of para-hydroxylation sites is 1. The Morgan fingerprint density at radius 3 is 2.79 bits per heavy atom. The smallest absolute Gasteiger partial charge is 0.273 e. The van der Waals surface area contributed by atoms with E-state index in [1.54, 1.807) is 13.0 Å². The molecule has 1 amide bonds. The third kappa shape index (κ3) is 3.05. The SMILES string of the molecule is Cc1cc(C(=O)NC[C@@H](c2cn(C)c3ccccc23)N(C)C)no1. The maximum absolute atomic E-state index is 12.2. The van der Waals surface area contributed by atoms with Crippen molar-refractivity contribution in [2.24, 2.45) is 7.05 Å². The molecule has 0 radical (unpaired) electrons. The van der Waals surface area contributed by atoms with E-state index in [2.05, 4.69) is 38.3 Å². The summed E-state index contributed by atoms with van der Waals surface area (Å²) in [6, 6.07) is 9.98. The van der Waals surface area contributed by atoms with Gasteiger partial charge in [-0.1, -0.05) is 23.4 Å². The largest absolute Gasteiger partial charge is 0.361 e. The zero-order chi connectivity index (χ0) is 17.3. The molecule has 1 atom stereocenters. The van der Waals surface area contributed by atoms with E-state index in [0.29, 0.717) is 18.0 Å². The summed E-state index contributed by atoms with van der Waals surface area (Å²) in [7, 11) is 6.06. The minimum Gasteiger partial charge on any atom is -0.361 e. The van der Waals surface area contributed by atoms with E-state index >= 15 is 0 Å². The minimum absolute atomic E-state index is 0.0630. The van der Waals surface area contributed by atoms with Gasteiger partial charge in [-0.15, -0.1) is 0 Å². The van der Waals surface area contributed by atoms with Crippen molar-refractivity contribution < 1.29 is 9.32 Å². The molecule has 0 fully saturated rings. The number of carbonyl (C=O) groups excluding carboxylic acids is 1. The summed E-state index contributed by atoms with van der Waals surface area (Å²) in [6.07, 6.45) is 2.13. The molecule has 0 saturated heterocycles. The summed E-state index contributed by atoms with van der Waals surface area (Å²) in [5.41, 5.74) is 2.68. The number of fused-ring (bicyclic) bond motifs is 1. The fourth-order valence-electron chi connectivity index (χ4n) is 2.96. The van der Waals surface area contributed by atoms with E-state index in [1.165, 1.54) is 16.5 Å². The molecule has 6 nitrogen and oxygen atoms in total. The molecule has 0 bridgehead atoms. The molecule has 0 aliphatic heterocycles. The van der Waals surface area contributed by atoms with E-state index in [1.807, 2.05) is 33.3 Å². The highest BCUT2D eigenvalue weighted by Crippen LogP contribution is 2.28. The van der Waals surface area contributed by atoms with Crippen LogP contribution in [0.3, 0.4) is 0 Å². The molecule has 6 heteroatoms. The van der Waals surface area contributed by atoms with E-state index in [-0.39, 0.29) is 11.9 Å². The average molecular weight is 326 g/mol. The standard InChI is InChI=1S/C18H22N4O2/c1-12-9-15(20-24-12)18(23)19-10-17(21(2)3)14-11-22(4)16-8-6-5-7-13(14)16/h5-9,11,17H,10H2,1-4H3,(H,19,23)/t17-/m0/s1. The summed E-state index contributed by atoms with van der Waals surface area (Å²) in [4.78, 5) is 14.3. The van der Waals surface area contributed by atoms with E-state index in [9.17, 15) is 4.79 Å². The van der Waals surface area contributed by atoms with E-state index in [4.69, 9.17) is 4.52 Å². The van der Waals surface area contributed by atoms with E-state index < -0.39 is 0 Å². The van der Waals surface area contributed by atoms with Crippen LogP contribution in [0, 0.1) is 6.92 Å². The number of likely N-dealkylation sites (N-methyl/N-ethyl adjacent to an activating group) is 1. The first-order valence-electron chi connectivity index (χ1n) is 7.89. The van der Waals surface area contributed by atoms with Crippen molar-refractivity contribution in [3.63, 3.8) is 0 Å². The highest BCUT2D eigenvalue weighted by Gasteiger charge is 2.21. The van der Waals surface area contributed by atoms with Crippen LogP contribution in [0.15, 0.2) is 41.1 Å². The minimum atomic E-state index is -0.223. The number of benzene rings is 1. The third-order valence-electron chi connectivity index (χ3n) is 4.23. The Hall–Kier alpha value is -2.60. The summed E-state index contributed by atoms with van der Waals surface area (Å²) >= 11 is 0. The van der Waals surface area contributed by atoms with Gasteiger partial charge in [0.25, 0.3) is 5.91 Å². The first-order valence-corrected chi connectivity index (χ1v) is 7.89. The number of nitrogens with zero attached hydrogens (tertiary/aromatic N) is 3. The summed E-state index contributed by atoms with van der Waals surface area (Å²) < 4.78 is 7.08. The Morgan fingerprint density at radius 1 is 1.38 bits per heavy atom. The van der Waals surface area contributed by atoms with Gasteiger partial charge >= 0.3 is 0 Å². The van der Waals surface area contributed by atoms with Gasteiger partial charge < -0.3 is 19.3 Å². The van der Waals surface area contributed by atoms with Crippen molar-refractivity contribution in [3.8, 4) is 0 Å². The Bertz CT molecular complexity index is 863. The first kappa shape index (κ1) is 16.3. The number of rotatable bonds is 5. The van der Waals surface area contributed by atoms with Crippen LogP contribution < -0.4 is 5.32 Å². The molecule has 0 aliphatic rings. The number of aromatic nitrogens is 2. The number of aryl methyl sites for hydroxylation is 2. The van der Waals surface area contributed by atoms with Gasteiger partial charge in [0.2, 0.25) is 0 Å². The van der Waals surface area contributed by atoms with Crippen molar-refractivity contribution >= 4 is 16.8 Å². The second kappa shape index (κ2) is 6.49. The molecule has 0 spiro atoms. The Balaban J connectivity index is 1.83. The molecule has 1 N–H and O–H groups in total. The molecule has 2 heterocycles. The van der Waals surface area contributed by atoms with Crippen LogP contribution in [0.2, 0.25) is 0 Å². The molecular weight excluding hydrogens is 304 g/mol. The lowest BCUT2D eigenvalue weighted by Gasteiger charge is -2.24. The average Bonchev–Trinajstić information content (AvgIpc) is 3.12. The second-order valence-corrected chi connectivity index (χ2v) is 6.22. The quantitative estimate of drug-likeness (QED) is 0.782. The van der Waals surface area contributed by atoms with Gasteiger partial charge in [-0.3, -0.25) is 4.79 Å². The van der Waals surface area contributed by atoms with Gasteiger partial charge in [0.15, 0.2) is 5.69 Å². The zero-order valence-corrected chi connectivity index (χ0v) is 14.4. The molecule has 0 unspecified atom stereocenters. The summed E-state index contributed by atoms with van der Waals surface area (Å²) in [5.74, 6) is 0.400. The lowest BCUT2D eigenvalue weighted by molar-refractivity contribution is 0.0933. The monoisotopic (exact) mass is 326 g/mol. The predicted octanol–water partition coefficient (Wildman–Crippen LogP) is 2.51. The predicted molar refractivity (Wildman–Crippen MR) is 92.9 cm³/mol. The Labute approximate surface area is 141 Å². The van der Waals surface area contributed by atoms with Crippen LogP contribution in [-0.4, -0.2) is 41.2 Å². The molecule has 0 aliphatic carbocycles. The highest BCUT2D eigenvalue weighted by atomic mass is 16.5. The molecule has 0 saturated carbocycles. The number of carbonyl (C=O) groups is 1. The van der Waals surface area contributed by atoms with Gasteiger partial charge in [0, 0.05) is 36.8 Å². The van der Waals surface area contributed by atoms with Gasteiger partial charge in [0.1, 0.15) is 5.76 Å². The van der Waals surface area contributed by atoms with Crippen LogP contribution in [0.5, 0.6) is 0 Å². The van der Waals surface area contributed by atoms with Crippen LogP contribution in [0.4, 0.5) is 0 Å². The second-order valence-electron chi connectivity index (χ2n) is 6.22. The van der Waals surface area contributed by atoms with Crippen LogP contribution in [0.1, 0.15) is 27.9 Å². The fourth-order valence-corrected chi connectivity index (χ4v) is 2.96. The van der Waals surface area contributed by atoms with Gasteiger partial charge in [-0.25, -0.2) is 0 Å². The summed E-state index contributed by atoms with van der Waals surface area (Å²) in [6.45, 7) is 2.26. The van der Waals surface area contributed by atoms with Crippen LogP contribution >= 0.6 is 0 Å². The lowest BCUT2D eigenvalue weighted by atomic mass is 10.0. The Kier molecular flexibility index (Phi) is 4.40. The van der Waals surface area contributed by atoms with Gasteiger partial charge in [-0.2, -0.15) is 0 Å². The highest BCUT2D eigenvalue weighted by molar-refractivity contribution is 5.92. The normalized spacial score (nSPS) is 12.7. The maximum atomic E-state index is 12.2. The maximum Gasteiger partial charge on any atom is 0.273 e. The molecule has 24 heavy (non-hydrogen) atoms. The van der Waals surface area contributed by atoms with Gasteiger partial charge in [-0.05, 0) is 32.6 Å². The molecule has 3 aromatic rings.